The van der Waals surface area contributed by atoms with E-state index in [0.717, 1.165) is 19.3 Å². The van der Waals surface area contributed by atoms with E-state index < -0.39 is 0 Å². The zero-order valence-corrected chi connectivity index (χ0v) is 12.5. The van der Waals surface area contributed by atoms with Crippen LogP contribution in [0, 0.1) is 17.8 Å². The number of carbonyl (C=O) groups is 2. The van der Waals surface area contributed by atoms with Crippen molar-refractivity contribution >= 4 is 11.8 Å². The van der Waals surface area contributed by atoms with Crippen molar-refractivity contribution in [2.75, 3.05) is 6.54 Å². The second-order valence-electron chi connectivity index (χ2n) is 6.54. The van der Waals surface area contributed by atoms with Crippen molar-refractivity contribution in [3.05, 3.63) is 0 Å². The van der Waals surface area contributed by atoms with Crippen molar-refractivity contribution in [1.29, 1.82) is 0 Å². The monoisotopic (exact) mass is 266 g/mol. The zero-order valence-electron chi connectivity index (χ0n) is 12.5. The number of amides is 2. The van der Waals surface area contributed by atoms with Crippen LogP contribution in [0.2, 0.25) is 0 Å². The summed E-state index contributed by atoms with van der Waals surface area (Å²) in [6, 6.07) is -0.540. The van der Waals surface area contributed by atoms with Crippen LogP contribution in [0.3, 0.4) is 0 Å². The standard InChI is InChI=1S/C15H26N2O2/c1-5-10(4)13-14(18)16-12(11-6-7-11)15(19)17(13)8-9(2)3/h9-13H,5-8H2,1-4H3,(H,16,18). The highest BCUT2D eigenvalue weighted by Crippen LogP contribution is 2.36. The largest absolute Gasteiger partial charge is 0.342 e. The molecule has 4 nitrogen and oxygen atoms in total. The zero-order chi connectivity index (χ0) is 14.2. The first-order valence-corrected chi connectivity index (χ1v) is 7.56. The Hall–Kier alpha value is -1.06. The molecule has 2 rings (SSSR count). The summed E-state index contributed by atoms with van der Waals surface area (Å²) < 4.78 is 0. The molecule has 4 heteroatoms. The maximum atomic E-state index is 12.6. The van der Waals surface area contributed by atoms with Crippen LogP contribution in [0.4, 0.5) is 0 Å². The highest BCUT2D eigenvalue weighted by molar-refractivity contribution is 5.97. The van der Waals surface area contributed by atoms with E-state index in [1.54, 1.807) is 0 Å². The summed E-state index contributed by atoms with van der Waals surface area (Å²) in [7, 11) is 0. The minimum Gasteiger partial charge on any atom is -0.342 e. The van der Waals surface area contributed by atoms with Gasteiger partial charge in [0.05, 0.1) is 0 Å². The summed E-state index contributed by atoms with van der Waals surface area (Å²) in [6.45, 7) is 9.01. The second kappa shape index (κ2) is 5.51. The summed E-state index contributed by atoms with van der Waals surface area (Å²) in [5.41, 5.74) is 0. The fourth-order valence-corrected chi connectivity index (χ4v) is 2.89. The lowest BCUT2D eigenvalue weighted by molar-refractivity contribution is -0.152. The molecule has 0 radical (unpaired) electrons. The minimum atomic E-state index is -0.283. The molecule has 0 aromatic carbocycles. The summed E-state index contributed by atoms with van der Waals surface area (Å²) in [5.74, 6) is 1.17. The highest BCUT2D eigenvalue weighted by atomic mass is 16.2. The van der Waals surface area contributed by atoms with Crippen molar-refractivity contribution in [2.24, 2.45) is 17.8 Å². The van der Waals surface area contributed by atoms with Crippen LogP contribution in [-0.2, 0) is 9.59 Å². The van der Waals surface area contributed by atoms with Gasteiger partial charge < -0.3 is 10.2 Å². The molecule has 2 amide bonds. The number of hydrogen-bond donors (Lipinski definition) is 1. The van der Waals surface area contributed by atoms with E-state index >= 15 is 0 Å². The SMILES string of the molecule is CCC(C)C1C(=O)NC(C2CC2)C(=O)N1CC(C)C. The van der Waals surface area contributed by atoms with Gasteiger partial charge in [0.25, 0.3) is 0 Å². The van der Waals surface area contributed by atoms with Gasteiger partial charge in [-0.3, -0.25) is 9.59 Å². The fourth-order valence-electron chi connectivity index (χ4n) is 2.89. The molecular weight excluding hydrogens is 240 g/mol. The molecule has 2 aliphatic rings. The van der Waals surface area contributed by atoms with E-state index in [1.807, 2.05) is 4.90 Å². The van der Waals surface area contributed by atoms with Gasteiger partial charge in [0.15, 0.2) is 0 Å². The quantitative estimate of drug-likeness (QED) is 0.825. The van der Waals surface area contributed by atoms with Crippen LogP contribution in [-0.4, -0.2) is 35.3 Å². The van der Waals surface area contributed by atoms with Gasteiger partial charge in [-0.1, -0.05) is 34.1 Å². The van der Waals surface area contributed by atoms with Gasteiger partial charge in [-0.2, -0.15) is 0 Å². The molecule has 0 bridgehead atoms. The van der Waals surface area contributed by atoms with Crippen molar-refractivity contribution in [2.45, 2.75) is 59.0 Å². The van der Waals surface area contributed by atoms with Crippen molar-refractivity contribution in [1.82, 2.24) is 10.2 Å². The van der Waals surface area contributed by atoms with Gasteiger partial charge in [-0.15, -0.1) is 0 Å². The van der Waals surface area contributed by atoms with Gasteiger partial charge >= 0.3 is 0 Å². The van der Waals surface area contributed by atoms with Crippen LogP contribution >= 0.6 is 0 Å². The summed E-state index contributed by atoms with van der Waals surface area (Å²) in [4.78, 5) is 26.8. The van der Waals surface area contributed by atoms with Crippen LogP contribution in [0.5, 0.6) is 0 Å². The van der Waals surface area contributed by atoms with Crippen LogP contribution < -0.4 is 5.32 Å². The third kappa shape index (κ3) is 2.93. The predicted octanol–water partition coefficient (Wildman–Crippen LogP) is 1.79. The maximum Gasteiger partial charge on any atom is 0.246 e. The number of nitrogens with zero attached hydrogens (tertiary/aromatic N) is 1. The molecule has 3 unspecified atom stereocenters. The normalized spacial score (nSPS) is 29.6. The van der Waals surface area contributed by atoms with E-state index in [1.165, 1.54) is 0 Å². The van der Waals surface area contributed by atoms with Gasteiger partial charge in [-0.05, 0) is 30.6 Å². The average Bonchev–Trinajstić information content (AvgIpc) is 3.16. The number of nitrogens with one attached hydrogen (secondary N) is 1. The fraction of sp³-hybridized carbons (Fsp3) is 0.867. The van der Waals surface area contributed by atoms with E-state index in [-0.39, 0.29) is 29.8 Å². The Kier molecular flexibility index (Phi) is 4.16. The second-order valence-corrected chi connectivity index (χ2v) is 6.54. The number of rotatable bonds is 5. The molecule has 1 heterocycles. The Labute approximate surface area is 115 Å². The third-order valence-electron chi connectivity index (χ3n) is 4.29. The molecule has 19 heavy (non-hydrogen) atoms. The van der Waals surface area contributed by atoms with Crippen molar-refractivity contribution < 1.29 is 9.59 Å². The Morgan fingerprint density at radius 1 is 1.26 bits per heavy atom. The molecular formula is C15H26N2O2. The third-order valence-corrected chi connectivity index (χ3v) is 4.29. The molecule has 1 saturated heterocycles. The van der Waals surface area contributed by atoms with E-state index in [9.17, 15) is 9.59 Å². The average molecular weight is 266 g/mol. The maximum absolute atomic E-state index is 12.6. The Morgan fingerprint density at radius 3 is 2.37 bits per heavy atom. The lowest BCUT2D eigenvalue weighted by Crippen LogP contribution is -2.66. The number of piperazine rings is 1. The van der Waals surface area contributed by atoms with E-state index in [0.29, 0.717) is 18.4 Å². The first-order chi connectivity index (χ1) is 8.95. The molecule has 1 saturated carbocycles. The molecule has 2 fully saturated rings. The highest BCUT2D eigenvalue weighted by Gasteiger charge is 2.47. The van der Waals surface area contributed by atoms with Crippen molar-refractivity contribution in [3.63, 3.8) is 0 Å². The van der Waals surface area contributed by atoms with E-state index in [4.69, 9.17) is 0 Å². The molecule has 0 aromatic rings. The molecule has 0 spiro atoms. The number of hydrogen-bond acceptors (Lipinski definition) is 2. The Balaban J connectivity index is 2.21. The minimum absolute atomic E-state index is 0.0477. The first-order valence-electron chi connectivity index (χ1n) is 7.56. The molecule has 1 aliphatic carbocycles. The van der Waals surface area contributed by atoms with Crippen LogP contribution in [0.25, 0.3) is 0 Å². The van der Waals surface area contributed by atoms with Gasteiger partial charge in [0.2, 0.25) is 11.8 Å². The Bertz CT molecular complexity index is 363. The summed E-state index contributed by atoms with van der Waals surface area (Å²) in [6.07, 6.45) is 3.05. The van der Waals surface area contributed by atoms with Gasteiger partial charge in [0.1, 0.15) is 12.1 Å². The first kappa shape index (κ1) is 14.4. The van der Waals surface area contributed by atoms with E-state index in [2.05, 4.69) is 33.0 Å². The lowest BCUT2D eigenvalue weighted by Gasteiger charge is -2.42. The molecule has 108 valence electrons. The van der Waals surface area contributed by atoms with Crippen LogP contribution in [0.15, 0.2) is 0 Å². The smallest absolute Gasteiger partial charge is 0.246 e. The number of carbonyl (C=O) groups excluding carboxylic acids is 2. The summed E-state index contributed by atoms with van der Waals surface area (Å²) >= 11 is 0. The van der Waals surface area contributed by atoms with Crippen molar-refractivity contribution in [3.8, 4) is 0 Å². The summed E-state index contributed by atoms with van der Waals surface area (Å²) in [5, 5.41) is 2.97. The molecule has 3 atom stereocenters. The molecule has 1 N–H and O–H groups in total. The van der Waals surface area contributed by atoms with Gasteiger partial charge in [0, 0.05) is 6.54 Å². The predicted molar refractivity (Wildman–Crippen MR) is 74.4 cm³/mol. The van der Waals surface area contributed by atoms with Crippen LogP contribution in [0.1, 0.15) is 47.0 Å². The topological polar surface area (TPSA) is 49.4 Å². The molecule has 0 aromatic heterocycles. The Morgan fingerprint density at radius 2 is 1.89 bits per heavy atom. The lowest BCUT2D eigenvalue weighted by atomic mass is 9.91. The molecule has 1 aliphatic heterocycles. The van der Waals surface area contributed by atoms with Gasteiger partial charge in [-0.25, -0.2) is 0 Å².